The summed E-state index contributed by atoms with van der Waals surface area (Å²) < 4.78 is 12.1. The fourth-order valence-corrected chi connectivity index (χ4v) is 3.13. The summed E-state index contributed by atoms with van der Waals surface area (Å²) in [5, 5.41) is 11.2. The number of nitrogens with zero attached hydrogens (tertiary/aromatic N) is 4. The first-order valence-electron chi connectivity index (χ1n) is 9.22. The summed E-state index contributed by atoms with van der Waals surface area (Å²) in [5.41, 5.74) is 3.10. The predicted molar refractivity (Wildman–Crippen MR) is 109 cm³/mol. The molecule has 0 saturated heterocycles. The number of hydrogen-bond acceptors (Lipinski definition) is 7. The van der Waals surface area contributed by atoms with Gasteiger partial charge in [-0.3, -0.25) is 9.48 Å². The average molecular weight is 405 g/mol. The highest BCUT2D eigenvalue weighted by Crippen LogP contribution is 2.27. The SMILES string of the molecule is Cc1cc(NC(=O)COC(=O)c2cc(-c3ccccc3)nc3onc(C)c23)n(C)n1. The van der Waals surface area contributed by atoms with Gasteiger partial charge in [-0.15, -0.1) is 0 Å². The van der Waals surface area contributed by atoms with Crippen LogP contribution in [0.3, 0.4) is 0 Å². The molecule has 152 valence electrons. The highest BCUT2D eigenvalue weighted by molar-refractivity contribution is 6.05. The number of carbonyl (C=O) groups excluding carboxylic acids is 2. The van der Waals surface area contributed by atoms with Crippen LogP contribution in [-0.2, 0) is 16.6 Å². The number of rotatable bonds is 5. The largest absolute Gasteiger partial charge is 0.452 e. The van der Waals surface area contributed by atoms with Crippen molar-refractivity contribution >= 4 is 28.8 Å². The van der Waals surface area contributed by atoms with E-state index in [1.807, 2.05) is 37.3 Å². The molecule has 30 heavy (non-hydrogen) atoms. The molecular weight excluding hydrogens is 386 g/mol. The van der Waals surface area contributed by atoms with Gasteiger partial charge in [0.2, 0.25) is 0 Å². The van der Waals surface area contributed by atoms with Gasteiger partial charge in [-0.2, -0.15) is 5.10 Å². The Kier molecular flexibility index (Phi) is 5.01. The fourth-order valence-electron chi connectivity index (χ4n) is 3.13. The Balaban J connectivity index is 1.57. The minimum absolute atomic E-state index is 0.232. The summed E-state index contributed by atoms with van der Waals surface area (Å²) in [6.07, 6.45) is 0. The minimum atomic E-state index is -0.665. The van der Waals surface area contributed by atoms with E-state index < -0.39 is 18.5 Å². The molecule has 3 heterocycles. The van der Waals surface area contributed by atoms with E-state index in [1.54, 1.807) is 26.1 Å². The molecule has 4 aromatic rings. The number of anilines is 1. The third-order valence-electron chi connectivity index (χ3n) is 4.51. The van der Waals surface area contributed by atoms with Crippen molar-refractivity contribution in [3.8, 4) is 11.3 Å². The highest BCUT2D eigenvalue weighted by atomic mass is 16.5. The summed E-state index contributed by atoms with van der Waals surface area (Å²) in [4.78, 5) is 29.5. The van der Waals surface area contributed by atoms with Crippen LogP contribution in [-0.4, -0.2) is 38.4 Å². The number of hydrogen-bond donors (Lipinski definition) is 1. The van der Waals surface area contributed by atoms with Crippen LogP contribution in [0, 0.1) is 13.8 Å². The van der Waals surface area contributed by atoms with E-state index >= 15 is 0 Å². The smallest absolute Gasteiger partial charge is 0.339 e. The van der Waals surface area contributed by atoms with E-state index in [9.17, 15) is 9.59 Å². The van der Waals surface area contributed by atoms with Crippen molar-refractivity contribution in [3.05, 3.63) is 59.4 Å². The van der Waals surface area contributed by atoms with Crippen LogP contribution in [0.2, 0.25) is 0 Å². The third kappa shape index (κ3) is 3.77. The van der Waals surface area contributed by atoms with E-state index in [2.05, 4.69) is 20.6 Å². The number of pyridine rings is 1. The predicted octanol–water partition coefficient (Wildman–Crippen LogP) is 3.04. The zero-order chi connectivity index (χ0) is 21.3. The van der Waals surface area contributed by atoms with Gasteiger partial charge in [0.15, 0.2) is 6.61 Å². The zero-order valence-corrected chi connectivity index (χ0v) is 16.7. The number of amides is 1. The van der Waals surface area contributed by atoms with Crippen LogP contribution in [0.1, 0.15) is 21.7 Å². The summed E-state index contributed by atoms with van der Waals surface area (Å²) in [7, 11) is 1.71. The van der Waals surface area contributed by atoms with E-state index in [0.29, 0.717) is 22.6 Å². The van der Waals surface area contributed by atoms with Crippen LogP contribution in [0.5, 0.6) is 0 Å². The normalized spacial score (nSPS) is 10.9. The van der Waals surface area contributed by atoms with E-state index in [4.69, 9.17) is 9.26 Å². The topological polar surface area (TPSA) is 112 Å². The van der Waals surface area contributed by atoms with E-state index in [0.717, 1.165) is 11.3 Å². The van der Waals surface area contributed by atoms with Crippen molar-refractivity contribution in [3.63, 3.8) is 0 Å². The van der Waals surface area contributed by atoms with Crippen LogP contribution >= 0.6 is 0 Å². The van der Waals surface area contributed by atoms with Crippen molar-refractivity contribution in [2.75, 3.05) is 11.9 Å². The lowest BCUT2D eigenvalue weighted by molar-refractivity contribution is -0.119. The van der Waals surface area contributed by atoms with Gasteiger partial charge in [-0.1, -0.05) is 35.5 Å². The number of aromatic nitrogens is 4. The second-order valence-corrected chi connectivity index (χ2v) is 6.79. The summed E-state index contributed by atoms with van der Waals surface area (Å²) in [5.74, 6) is -0.620. The standard InChI is InChI=1S/C21H19N5O4/c1-12-9-17(26(3)24-12)23-18(27)11-29-21(28)15-10-16(14-7-5-4-6-8-14)22-20-19(15)13(2)25-30-20/h4-10H,11H2,1-3H3,(H,23,27). The Morgan fingerprint density at radius 3 is 2.63 bits per heavy atom. The van der Waals surface area contributed by atoms with Gasteiger partial charge < -0.3 is 14.6 Å². The van der Waals surface area contributed by atoms with Crippen LogP contribution in [0.25, 0.3) is 22.4 Å². The van der Waals surface area contributed by atoms with Crippen molar-refractivity contribution in [2.24, 2.45) is 7.05 Å². The minimum Gasteiger partial charge on any atom is -0.452 e. The molecule has 0 atom stereocenters. The molecule has 3 aromatic heterocycles. The maximum Gasteiger partial charge on any atom is 0.339 e. The van der Waals surface area contributed by atoms with Crippen molar-refractivity contribution in [1.29, 1.82) is 0 Å². The number of esters is 1. The van der Waals surface area contributed by atoms with Gasteiger partial charge in [-0.05, 0) is 19.9 Å². The van der Waals surface area contributed by atoms with Gasteiger partial charge in [0, 0.05) is 18.7 Å². The lowest BCUT2D eigenvalue weighted by Crippen LogP contribution is -2.22. The van der Waals surface area contributed by atoms with Gasteiger partial charge in [0.25, 0.3) is 11.6 Å². The lowest BCUT2D eigenvalue weighted by atomic mass is 10.1. The molecule has 0 fully saturated rings. The van der Waals surface area contributed by atoms with Gasteiger partial charge in [-0.25, -0.2) is 9.78 Å². The quantitative estimate of drug-likeness (QED) is 0.508. The maximum absolute atomic E-state index is 12.8. The van der Waals surface area contributed by atoms with Crippen LogP contribution in [0.4, 0.5) is 5.82 Å². The first-order chi connectivity index (χ1) is 14.4. The van der Waals surface area contributed by atoms with Crippen molar-refractivity contribution in [1.82, 2.24) is 19.9 Å². The second kappa shape index (κ2) is 7.78. The average Bonchev–Trinajstić information content (AvgIpc) is 3.27. The number of nitrogens with one attached hydrogen (secondary N) is 1. The first-order valence-corrected chi connectivity index (χ1v) is 9.22. The molecule has 1 aromatic carbocycles. The summed E-state index contributed by atoms with van der Waals surface area (Å²) in [6, 6.07) is 12.7. The Hall–Kier alpha value is -4.01. The second-order valence-electron chi connectivity index (χ2n) is 6.79. The highest BCUT2D eigenvalue weighted by Gasteiger charge is 2.21. The molecule has 0 aliphatic heterocycles. The van der Waals surface area contributed by atoms with Crippen LogP contribution in [0.15, 0.2) is 47.0 Å². The monoisotopic (exact) mass is 405 g/mol. The molecule has 9 nitrogen and oxygen atoms in total. The van der Waals surface area contributed by atoms with Crippen molar-refractivity contribution < 1.29 is 18.8 Å². The zero-order valence-electron chi connectivity index (χ0n) is 16.7. The molecule has 0 aliphatic carbocycles. The number of fused-ring (bicyclic) bond motifs is 1. The molecule has 4 rings (SSSR count). The van der Waals surface area contributed by atoms with Crippen molar-refractivity contribution in [2.45, 2.75) is 13.8 Å². The van der Waals surface area contributed by atoms with E-state index in [1.165, 1.54) is 4.68 Å². The first kappa shape index (κ1) is 19.3. The lowest BCUT2D eigenvalue weighted by Gasteiger charge is -2.08. The molecule has 0 bridgehead atoms. The molecular formula is C21H19N5O4. The Morgan fingerprint density at radius 2 is 1.93 bits per heavy atom. The summed E-state index contributed by atoms with van der Waals surface area (Å²) in [6.45, 7) is 3.08. The van der Waals surface area contributed by atoms with Gasteiger partial charge in [0.05, 0.1) is 28.0 Å². The number of carbonyl (C=O) groups is 2. The summed E-state index contributed by atoms with van der Waals surface area (Å²) >= 11 is 0. The molecule has 0 saturated carbocycles. The Bertz CT molecular complexity index is 1240. The molecule has 9 heteroatoms. The maximum atomic E-state index is 12.8. The number of aryl methyl sites for hydroxylation is 3. The van der Waals surface area contributed by atoms with Crippen LogP contribution < -0.4 is 5.32 Å². The Labute approximate surface area is 171 Å². The number of benzene rings is 1. The molecule has 0 unspecified atom stereocenters. The molecule has 1 amide bonds. The molecule has 1 N–H and O–H groups in total. The molecule has 0 aliphatic rings. The fraction of sp³-hybridized carbons (Fsp3) is 0.190. The molecule has 0 radical (unpaired) electrons. The van der Waals surface area contributed by atoms with Gasteiger partial charge in [0.1, 0.15) is 5.82 Å². The van der Waals surface area contributed by atoms with E-state index in [-0.39, 0.29) is 11.3 Å². The molecule has 0 spiro atoms. The number of ether oxygens (including phenoxy) is 1. The Morgan fingerprint density at radius 1 is 1.17 bits per heavy atom. The van der Waals surface area contributed by atoms with Gasteiger partial charge >= 0.3 is 5.97 Å². The third-order valence-corrected chi connectivity index (χ3v) is 4.51.